The number of benzene rings is 2. The lowest BCUT2D eigenvalue weighted by Crippen LogP contribution is -2.46. The first kappa shape index (κ1) is 34.5. The SMILES string of the molecule is C=C(C)C(CCc1cc2c(cc1Cl)N(c1ccccc1)CC(C1CCCCC1)N(C)S2(=O)=O)NSOC=O.CC(C)C. The van der Waals surface area contributed by atoms with Crippen LogP contribution in [0.1, 0.15) is 71.8 Å². The third kappa shape index (κ3) is 8.99. The molecule has 2 aromatic rings. The monoisotopic (exact) mass is 635 g/mol. The summed E-state index contributed by atoms with van der Waals surface area (Å²) in [6, 6.07) is 13.2. The molecule has 10 heteroatoms. The number of fused-ring (bicyclic) bond motifs is 1. The van der Waals surface area contributed by atoms with Crippen LogP contribution in [-0.2, 0) is 25.4 Å². The molecule has 232 valence electrons. The van der Waals surface area contributed by atoms with Gasteiger partial charge in [0.15, 0.2) is 0 Å². The van der Waals surface area contributed by atoms with E-state index < -0.39 is 10.0 Å². The fourth-order valence-electron chi connectivity index (χ4n) is 5.56. The minimum atomic E-state index is -3.77. The summed E-state index contributed by atoms with van der Waals surface area (Å²) in [6.07, 6.45) is 6.68. The summed E-state index contributed by atoms with van der Waals surface area (Å²) in [5.74, 6) is 1.15. The van der Waals surface area contributed by atoms with Crippen molar-refractivity contribution in [2.75, 3.05) is 18.5 Å². The lowest BCUT2D eigenvalue weighted by Gasteiger charge is -2.36. The van der Waals surface area contributed by atoms with E-state index in [9.17, 15) is 13.2 Å². The van der Waals surface area contributed by atoms with E-state index in [0.29, 0.717) is 42.5 Å². The molecule has 1 aliphatic heterocycles. The van der Waals surface area contributed by atoms with E-state index in [2.05, 4.69) is 37.0 Å². The highest BCUT2D eigenvalue weighted by atomic mass is 35.5. The van der Waals surface area contributed by atoms with E-state index in [1.165, 1.54) is 6.42 Å². The topological polar surface area (TPSA) is 79.0 Å². The van der Waals surface area contributed by atoms with Crippen LogP contribution in [0.5, 0.6) is 0 Å². The van der Waals surface area contributed by atoms with Crippen molar-refractivity contribution in [2.24, 2.45) is 11.8 Å². The normalized spacial score (nSPS) is 19.7. The van der Waals surface area contributed by atoms with Gasteiger partial charge in [0.25, 0.3) is 0 Å². The maximum Gasteiger partial charge on any atom is 0.306 e. The Balaban J connectivity index is 0.00000114. The summed E-state index contributed by atoms with van der Waals surface area (Å²) >= 11 is 7.66. The van der Waals surface area contributed by atoms with Crippen LogP contribution in [0.4, 0.5) is 11.4 Å². The summed E-state index contributed by atoms with van der Waals surface area (Å²) in [5.41, 5.74) is 3.18. The third-order valence-corrected chi connectivity index (χ3v) is 10.6. The van der Waals surface area contributed by atoms with Crippen molar-refractivity contribution in [3.63, 3.8) is 0 Å². The number of rotatable bonds is 10. The third-order valence-electron chi connectivity index (χ3n) is 7.75. The van der Waals surface area contributed by atoms with Gasteiger partial charge in [-0.15, -0.1) is 0 Å². The first-order valence-electron chi connectivity index (χ1n) is 14.8. The first-order valence-corrected chi connectivity index (χ1v) is 17.3. The number of anilines is 2. The average Bonchev–Trinajstić information content (AvgIpc) is 3.03. The molecular weight excluding hydrogens is 590 g/mol. The maximum absolute atomic E-state index is 14.1. The minimum Gasteiger partial charge on any atom is -0.377 e. The number of para-hydroxylation sites is 1. The summed E-state index contributed by atoms with van der Waals surface area (Å²) in [5, 5.41) is 0.524. The van der Waals surface area contributed by atoms with Gasteiger partial charge in [0.1, 0.15) is 17.1 Å². The van der Waals surface area contributed by atoms with Crippen LogP contribution in [0, 0.1) is 11.8 Å². The molecule has 0 saturated heterocycles. The Kier molecular flexibility index (Phi) is 13.2. The van der Waals surface area contributed by atoms with Crippen LogP contribution < -0.4 is 9.62 Å². The summed E-state index contributed by atoms with van der Waals surface area (Å²) in [7, 11) is -2.04. The highest BCUT2D eigenvalue weighted by molar-refractivity contribution is 7.93. The van der Waals surface area contributed by atoms with Crippen molar-refractivity contribution in [3.8, 4) is 0 Å². The number of aryl methyl sites for hydroxylation is 1. The van der Waals surface area contributed by atoms with Gasteiger partial charge in [-0.05, 0) is 74.3 Å². The molecule has 2 unspecified atom stereocenters. The molecule has 2 aliphatic rings. The Hall–Kier alpha value is -2.04. The van der Waals surface area contributed by atoms with Crippen molar-refractivity contribution in [2.45, 2.75) is 89.6 Å². The number of sulfonamides is 1. The Morgan fingerprint density at radius 2 is 1.81 bits per heavy atom. The number of likely N-dealkylation sites (N-methyl/N-ethyl adjacent to an activating group) is 1. The molecule has 0 aromatic heterocycles. The zero-order valence-electron chi connectivity index (χ0n) is 25.5. The van der Waals surface area contributed by atoms with E-state index in [0.717, 1.165) is 60.7 Å². The quantitative estimate of drug-likeness (QED) is 0.0934. The van der Waals surface area contributed by atoms with Gasteiger partial charge in [-0.2, -0.15) is 4.31 Å². The summed E-state index contributed by atoms with van der Waals surface area (Å²) in [6.45, 7) is 13.3. The molecule has 2 aromatic carbocycles. The van der Waals surface area contributed by atoms with Gasteiger partial charge in [0.2, 0.25) is 10.0 Å². The second-order valence-electron chi connectivity index (χ2n) is 11.9. The summed E-state index contributed by atoms with van der Waals surface area (Å²) in [4.78, 5) is 12.9. The van der Waals surface area contributed by atoms with Crippen molar-refractivity contribution in [1.82, 2.24) is 9.03 Å². The molecule has 1 aliphatic carbocycles. The van der Waals surface area contributed by atoms with Crippen LogP contribution >= 0.6 is 23.8 Å². The zero-order chi connectivity index (χ0) is 30.9. The number of hydrogen-bond acceptors (Lipinski definition) is 7. The molecule has 0 spiro atoms. The fourth-order valence-corrected chi connectivity index (χ4v) is 7.97. The predicted molar refractivity (Wildman–Crippen MR) is 176 cm³/mol. The van der Waals surface area contributed by atoms with Gasteiger partial charge >= 0.3 is 6.47 Å². The molecule has 0 amide bonds. The van der Waals surface area contributed by atoms with Crippen molar-refractivity contribution >= 4 is 51.7 Å². The standard InChI is InChI=1S/C28H36ClN3O4S2.C4H10/c1-20(2)25(30-37-36-19-33)15-14-22-16-28-26(17-24(22)29)32(23-12-8-5-9-13-23)18-27(31(3)38(28,34)35)21-10-6-4-7-11-21;1-4(2)3/h5,8-9,12-13,16-17,19,21,25,27,30H,1,4,6-7,10-11,14-15,18H2,2-3H3;4H,1-3H3. The van der Waals surface area contributed by atoms with E-state index >= 15 is 0 Å². The number of nitrogens with one attached hydrogen (secondary N) is 1. The van der Waals surface area contributed by atoms with Gasteiger partial charge in [0.05, 0.1) is 5.69 Å². The molecule has 42 heavy (non-hydrogen) atoms. The maximum atomic E-state index is 14.1. The molecule has 0 radical (unpaired) electrons. The van der Waals surface area contributed by atoms with E-state index in [-0.39, 0.29) is 17.0 Å². The molecule has 1 heterocycles. The van der Waals surface area contributed by atoms with E-state index in [4.69, 9.17) is 15.8 Å². The van der Waals surface area contributed by atoms with E-state index in [1.54, 1.807) is 23.5 Å². The number of hydrogen-bond donors (Lipinski definition) is 1. The van der Waals surface area contributed by atoms with Crippen LogP contribution in [-0.4, -0.2) is 44.9 Å². The molecule has 0 bridgehead atoms. The zero-order valence-corrected chi connectivity index (χ0v) is 27.9. The van der Waals surface area contributed by atoms with E-state index in [1.807, 2.05) is 37.3 Å². The van der Waals surface area contributed by atoms with Gasteiger partial charge in [-0.1, -0.05) is 82.0 Å². The second kappa shape index (κ2) is 16.1. The predicted octanol–water partition coefficient (Wildman–Crippen LogP) is 7.93. The molecule has 7 nitrogen and oxygen atoms in total. The van der Waals surface area contributed by atoms with Gasteiger partial charge in [0, 0.05) is 36.4 Å². The summed E-state index contributed by atoms with van der Waals surface area (Å²) < 4.78 is 37.6. The lowest BCUT2D eigenvalue weighted by molar-refractivity contribution is -0.119. The Morgan fingerprint density at radius 1 is 1.17 bits per heavy atom. The average molecular weight is 636 g/mol. The number of nitrogens with zero attached hydrogens (tertiary/aromatic N) is 2. The highest BCUT2D eigenvalue weighted by Crippen LogP contribution is 2.43. The Bertz CT molecular complexity index is 1280. The number of carbonyl (C=O) groups excluding carboxylic acids is 1. The first-order chi connectivity index (χ1) is 20.0. The molecule has 1 fully saturated rings. The van der Waals surface area contributed by atoms with Crippen molar-refractivity contribution < 1.29 is 17.4 Å². The molecular formula is C32H46ClN3O4S2. The Morgan fingerprint density at radius 3 is 2.40 bits per heavy atom. The Labute approximate surface area is 262 Å². The smallest absolute Gasteiger partial charge is 0.306 e. The second-order valence-corrected chi connectivity index (χ2v) is 14.9. The van der Waals surface area contributed by atoms with Crippen LogP contribution in [0.2, 0.25) is 5.02 Å². The molecule has 2 atom stereocenters. The largest absolute Gasteiger partial charge is 0.377 e. The molecule has 4 rings (SSSR count). The van der Waals surface area contributed by atoms with Gasteiger partial charge in [-0.25, -0.2) is 13.1 Å². The van der Waals surface area contributed by atoms with Gasteiger partial charge < -0.3 is 9.08 Å². The number of halogens is 1. The fraction of sp³-hybridized carbons (Fsp3) is 0.531. The van der Waals surface area contributed by atoms with Crippen molar-refractivity contribution in [3.05, 3.63) is 65.2 Å². The number of carbonyl (C=O) groups is 1. The minimum absolute atomic E-state index is 0.137. The van der Waals surface area contributed by atoms with Crippen LogP contribution in [0.15, 0.2) is 59.5 Å². The molecule has 1 N–H and O–H groups in total. The molecule has 1 saturated carbocycles. The lowest BCUT2D eigenvalue weighted by atomic mass is 9.83. The highest BCUT2D eigenvalue weighted by Gasteiger charge is 2.41. The van der Waals surface area contributed by atoms with Crippen LogP contribution in [0.3, 0.4) is 0 Å². The van der Waals surface area contributed by atoms with Crippen LogP contribution in [0.25, 0.3) is 0 Å². The van der Waals surface area contributed by atoms with Gasteiger partial charge in [-0.3, -0.25) is 4.79 Å². The van der Waals surface area contributed by atoms with Crippen molar-refractivity contribution in [1.29, 1.82) is 0 Å².